The summed E-state index contributed by atoms with van der Waals surface area (Å²) in [7, 11) is 0. The van der Waals surface area contributed by atoms with Crippen LogP contribution in [0.25, 0.3) is 0 Å². The van der Waals surface area contributed by atoms with Gasteiger partial charge in [-0.05, 0) is 59.7 Å². The number of ether oxygens (including phenoxy) is 1. The highest BCUT2D eigenvalue weighted by molar-refractivity contribution is 14.1. The van der Waals surface area contributed by atoms with Gasteiger partial charge in [0.25, 0.3) is 0 Å². The van der Waals surface area contributed by atoms with Gasteiger partial charge in [-0.25, -0.2) is 0 Å². The van der Waals surface area contributed by atoms with Crippen LogP contribution in [0, 0.1) is 14.9 Å². The van der Waals surface area contributed by atoms with Gasteiger partial charge in [-0.3, -0.25) is 4.79 Å². The molecule has 1 heterocycles. The van der Waals surface area contributed by atoms with E-state index in [2.05, 4.69) is 27.9 Å². The Morgan fingerprint density at radius 2 is 2.05 bits per heavy atom. The predicted molar refractivity (Wildman–Crippen MR) is 91.0 cm³/mol. The van der Waals surface area contributed by atoms with E-state index < -0.39 is 5.54 Å². The third-order valence-corrected chi connectivity index (χ3v) is 5.88. The summed E-state index contributed by atoms with van der Waals surface area (Å²) in [5.41, 5.74) is 6.15. The Balaban J connectivity index is 1.81. The lowest BCUT2D eigenvalue weighted by Crippen LogP contribution is -2.81. The first-order valence-corrected chi connectivity index (χ1v) is 8.43. The third kappa shape index (κ3) is 2.21. The van der Waals surface area contributed by atoms with E-state index in [-0.39, 0.29) is 23.3 Å². The minimum Gasteiger partial charge on any atom is -0.377 e. The molecule has 2 fully saturated rings. The number of hydrogen-bond acceptors (Lipinski definition) is 3. The molecule has 1 aliphatic heterocycles. The Labute approximate surface area is 138 Å². The number of anilines is 1. The molecule has 114 valence electrons. The lowest BCUT2D eigenvalue weighted by atomic mass is 9.46. The van der Waals surface area contributed by atoms with Gasteiger partial charge >= 0.3 is 0 Å². The molecule has 4 nitrogen and oxygen atoms in total. The first-order chi connectivity index (χ1) is 9.87. The van der Waals surface area contributed by atoms with E-state index in [1.807, 2.05) is 38.1 Å². The lowest BCUT2D eigenvalue weighted by Gasteiger charge is -2.65. The van der Waals surface area contributed by atoms with Crippen LogP contribution < -0.4 is 11.1 Å². The van der Waals surface area contributed by atoms with Crippen molar-refractivity contribution in [2.45, 2.75) is 38.3 Å². The number of carbonyl (C=O) groups is 1. The molecule has 3 unspecified atom stereocenters. The average Bonchev–Trinajstić information content (AvgIpc) is 2.48. The standard InChI is InChI=1S/C16H21IN2O2/c1-15(2)13-12(4-3-9-21-13)16(15,18)14(20)19-11-7-5-10(17)6-8-11/h5-8,12-13H,3-4,9,18H2,1-2H3,(H,19,20). The quantitative estimate of drug-likeness (QED) is 0.751. The second kappa shape index (κ2) is 5.21. The van der Waals surface area contributed by atoms with Gasteiger partial charge < -0.3 is 15.8 Å². The number of rotatable bonds is 2. The molecule has 1 saturated heterocycles. The molecule has 0 spiro atoms. The number of halogens is 1. The summed E-state index contributed by atoms with van der Waals surface area (Å²) in [6.45, 7) is 4.85. The molecule has 1 aliphatic carbocycles. The zero-order chi connectivity index (χ0) is 15.3. The van der Waals surface area contributed by atoms with Gasteiger partial charge in [-0.2, -0.15) is 0 Å². The van der Waals surface area contributed by atoms with Crippen molar-refractivity contribution in [3.8, 4) is 0 Å². The number of amides is 1. The van der Waals surface area contributed by atoms with Crippen molar-refractivity contribution in [2.75, 3.05) is 11.9 Å². The predicted octanol–water partition coefficient (Wildman–Crippen LogP) is 2.76. The van der Waals surface area contributed by atoms with E-state index in [0.29, 0.717) is 0 Å². The Hall–Kier alpha value is -0.660. The summed E-state index contributed by atoms with van der Waals surface area (Å²) in [6.07, 6.45) is 2.04. The molecular weight excluding hydrogens is 379 g/mol. The fourth-order valence-corrected chi connectivity index (χ4v) is 4.16. The summed E-state index contributed by atoms with van der Waals surface area (Å²) in [4.78, 5) is 12.8. The van der Waals surface area contributed by atoms with Gasteiger partial charge in [0, 0.05) is 27.2 Å². The van der Waals surface area contributed by atoms with Gasteiger partial charge in [0.2, 0.25) is 5.91 Å². The number of fused-ring (bicyclic) bond motifs is 1. The Morgan fingerprint density at radius 1 is 1.38 bits per heavy atom. The highest BCUT2D eigenvalue weighted by Crippen LogP contribution is 2.57. The highest BCUT2D eigenvalue weighted by atomic mass is 127. The van der Waals surface area contributed by atoms with Crippen molar-refractivity contribution in [1.29, 1.82) is 0 Å². The molecular formula is C16H21IN2O2. The fourth-order valence-electron chi connectivity index (χ4n) is 3.80. The number of nitrogens with two attached hydrogens (primary N) is 1. The highest BCUT2D eigenvalue weighted by Gasteiger charge is 2.70. The zero-order valence-electron chi connectivity index (χ0n) is 12.4. The van der Waals surface area contributed by atoms with Crippen LogP contribution in [0.3, 0.4) is 0 Å². The maximum Gasteiger partial charge on any atom is 0.245 e. The minimum atomic E-state index is -0.860. The van der Waals surface area contributed by atoms with E-state index in [1.165, 1.54) is 0 Å². The smallest absolute Gasteiger partial charge is 0.245 e. The topological polar surface area (TPSA) is 64.3 Å². The van der Waals surface area contributed by atoms with E-state index in [1.54, 1.807) is 0 Å². The van der Waals surface area contributed by atoms with Crippen molar-refractivity contribution in [2.24, 2.45) is 17.1 Å². The minimum absolute atomic E-state index is 0.0960. The van der Waals surface area contributed by atoms with E-state index in [4.69, 9.17) is 10.5 Å². The molecule has 21 heavy (non-hydrogen) atoms. The Kier molecular flexibility index (Phi) is 3.78. The molecule has 1 amide bonds. The fraction of sp³-hybridized carbons (Fsp3) is 0.562. The van der Waals surface area contributed by atoms with E-state index in [0.717, 1.165) is 28.7 Å². The van der Waals surface area contributed by atoms with Crippen molar-refractivity contribution >= 4 is 34.2 Å². The summed E-state index contributed by atoms with van der Waals surface area (Å²) in [5.74, 6) is 0.0190. The van der Waals surface area contributed by atoms with Crippen molar-refractivity contribution in [3.05, 3.63) is 27.8 Å². The zero-order valence-corrected chi connectivity index (χ0v) is 14.5. The van der Waals surface area contributed by atoms with Crippen LogP contribution in [0.1, 0.15) is 26.7 Å². The third-order valence-electron chi connectivity index (χ3n) is 5.16. The van der Waals surface area contributed by atoms with E-state index >= 15 is 0 Å². The number of benzene rings is 1. The van der Waals surface area contributed by atoms with Crippen LogP contribution in [0.15, 0.2) is 24.3 Å². The summed E-state index contributed by atoms with van der Waals surface area (Å²) in [6, 6.07) is 7.75. The molecule has 0 bridgehead atoms. The molecule has 3 N–H and O–H groups in total. The van der Waals surface area contributed by atoms with E-state index in [9.17, 15) is 4.79 Å². The molecule has 1 saturated carbocycles. The monoisotopic (exact) mass is 400 g/mol. The second-order valence-electron chi connectivity index (χ2n) is 6.59. The van der Waals surface area contributed by atoms with Gasteiger partial charge in [0.05, 0.1) is 6.10 Å². The summed E-state index contributed by atoms with van der Waals surface area (Å²) in [5, 5.41) is 2.98. The van der Waals surface area contributed by atoms with Crippen LogP contribution in [0.2, 0.25) is 0 Å². The summed E-state index contributed by atoms with van der Waals surface area (Å²) >= 11 is 2.24. The second-order valence-corrected chi connectivity index (χ2v) is 7.84. The molecule has 1 aromatic rings. The molecule has 3 rings (SSSR count). The molecule has 2 aliphatic rings. The first-order valence-electron chi connectivity index (χ1n) is 7.35. The number of carbonyl (C=O) groups excluding carboxylic acids is 1. The first kappa shape index (κ1) is 15.2. The van der Waals surface area contributed by atoms with Crippen molar-refractivity contribution in [3.63, 3.8) is 0 Å². The molecule has 1 aromatic carbocycles. The molecule has 0 aromatic heterocycles. The van der Waals surface area contributed by atoms with Gasteiger partial charge in [0.15, 0.2) is 0 Å². The van der Waals surface area contributed by atoms with Crippen LogP contribution in [0.4, 0.5) is 5.69 Å². The largest absolute Gasteiger partial charge is 0.377 e. The Morgan fingerprint density at radius 3 is 2.71 bits per heavy atom. The molecule has 3 atom stereocenters. The van der Waals surface area contributed by atoms with Crippen LogP contribution in [-0.2, 0) is 9.53 Å². The maximum atomic E-state index is 12.8. The van der Waals surface area contributed by atoms with Crippen molar-refractivity contribution < 1.29 is 9.53 Å². The van der Waals surface area contributed by atoms with Crippen LogP contribution in [-0.4, -0.2) is 24.2 Å². The average molecular weight is 400 g/mol. The maximum absolute atomic E-state index is 12.8. The van der Waals surface area contributed by atoms with Crippen molar-refractivity contribution in [1.82, 2.24) is 0 Å². The normalized spacial score (nSPS) is 33.7. The van der Waals surface area contributed by atoms with Gasteiger partial charge in [-0.1, -0.05) is 13.8 Å². The number of nitrogens with one attached hydrogen (secondary N) is 1. The molecule has 5 heteroatoms. The lowest BCUT2D eigenvalue weighted by molar-refractivity contribution is -0.222. The van der Waals surface area contributed by atoms with Gasteiger partial charge in [0.1, 0.15) is 5.54 Å². The SMILES string of the molecule is CC1(C)C2OCCCC2C1(N)C(=O)Nc1ccc(I)cc1. The van der Waals surface area contributed by atoms with Crippen LogP contribution in [0.5, 0.6) is 0 Å². The summed E-state index contributed by atoms with van der Waals surface area (Å²) < 4.78 is 6.98. The number of hydrogen-bond donors (Lipinski definition) is 2. The van der Waals surface area contributed by atoms with Crippen LogP contribution >= 0.6 is 22.6 Å². The Bertz CT molecular complexity index is 558. The molecule has 0 radical (unpaired) electrons. The van der Waals surface area contributed by atoms with Gasteiger partial charge in [-0.15, -0.1) is 0 Å².